The first kappa shape index (κ1) is 17.3. The zero-order valence-electron chi connectivity index (χ0n) is 14.0. The molecular formula is C18H20N4O2S. The predicted molar refractivity (Wildman–Crippen MR) is 100 cm³/mol. The highest BCUT2D eigenvalue weighted by Gasteiger charge is 2.20. The van der Waals surface area contributed by atoms with E-state index in [0.29, 0.717) is 36.8 Å². The van der Waals surface area contributed by atoms with Crippen LogP contribution in [0.2, 0.25) is 0 Å². The van der Waals surface area contributed by atoms with Gasteiger partial charge in [0.15, 0.2) is 0 Å². The van der Waals surface area contributed by atoms with Crippen LogP contribution in [0.3, 0.4) is 0 Å². The molecule has 0 unspecified atom stereocenters. The Kier molecular flexibility index (Phi) is 5.57. The molecular weight excluding hydrogens is 336 g/mol. The Morgan fingerprint density at radius 2 is 2.08 bits per heavy atom. The fourth-order valence-corrected chi connectivity index (χ4v) is 3.61. The molecule has 0 fully saturated rings. The number of carbonyl (C=O) groups is 1. The van der Waals surface area contributed by atoms with Crippen LogP contribution < -0.4 is 11.1 Å². The van der Waals surface area contributed by atoms with Crippen LogP contribution in [0, 0.1) is 6.92 Å². The lowest BCUT2D eigenvalue weighted by molar-refractivity contribution is 0.0514. The number of esters is 1. The molecule has 130 valence electrons. The molecule has 6 nitrogen and oxygen atoms in total. The largest absolute Gasteiger partial charge is 0.461 e. The van der Waals surface area contributed by atoms with Crippen molar-refractivity contribution in [3.8, 4) is 0 Å². The number of benzene rings is 1. The maximum absolute atomic E-state index is 12.5. The summed E-state index contributed by atoms with van der Waals surface area (Å²) < 4.78 is 5.45. The topological polar surface area (TPSA) is 90.1 Å². The van der Waals surface area contributed by atoms with E-state index in [1.807, 2.05) is 37.3 Å². The van der Waals surface area contributed by atoms with Crippen molar-refractivity contribution in [3.63, 3.8) is 0 Å². The van der Waals surface area contributed by atoms with E-state index >= 15 is 0 Å². The molecule has 2 aromatic heterocycles. The monoisotopic (exact) mass is 356 g/mol. The van der Waals surface area contributed by atoms with Crippen molar-refractivity contribution in [2.75, 3.05) is 25.0 Å². The summed E-state index contributed by atoms with van der Waals surface area (Å²) in [4.78, 5) is 22.3. The molecule has 0 spiro atoms. The Hall–Kier alpha value is -2.51. The summed E-state index contributed by atoms with van der Waals surface area (Å²) in [5.74, 6) is 0.383. The Bertz CT molecular complexity index is 864. The molecule has 25 heavy (non-hydrogen) atoms. The number of carbonyl (C=O) groups excluding carboxylic acids is 1. The average Bonchev–Trinajstić information content (AvgIpc) is 2.98. The number of nitrogens with two attached hydrogens (primary N) is 1. The SMILES string of the molecule is Cc1c(C(=O)OCCc2ccccc2)sc2ncnc(NCCN)c12. The molecule has 2 heterocycles. The third-order valence-corrected chi connectivity index (χ3v) is 5.00. The summed E-state index contributed by atoms with van der Waals surface area (Å²) in [5.41, 5.74) is 7.52. The molecule has 0 aliphatic heterocycles. The van der Waals surface area contributed by atoms with Crippen molar-refractivity contribution < 1.29 is 9.53 Å². The minimum atomic E-state index is -0.318. The second-order valence-electron chi connectivity index (χ2n) is 5.55. The summed E-state index contributed by atoms with van der Waals surface area (Å²) in [6, 6.07) is 9.95. The first-order valence-corrected chi connectivity index (χ1v) is 8.91. The smallest absolute Gasteiger partial charge is 0.348 e. The van der Waals surface area contributed by atoms with Crippen LogP contribution in [0.1, 0.15) is 20.8 Å². The quantitative estimate of drug-likeness (QED) is 0.633. The lowest BCUT2D eigenvalue weighted by Gasteiger charge is -2.06. The first-order chi connectivity index (χ1) is 12.2. The summed E-state index contributed by atoms with van der Waals surface area (Å²) in [7, 11) is 0. The summed E-state index contributed by atoms with van der Waals surface area (Å²) in [5, 5.41) is 4.03. The number of hydrogen-bond donors (Lipinski definition) is 2. The van der Waals surface area contributed by atoms with Gasteiger partial charge in [0.2, 0.25) is 0 Å². The van der Waals surface area contributed by atoms with Gasteiger partial charge < -0.3 is 15.8 Å². The van der Waals surface area contributed by atoms with Gasteiger partial charge in [0.05, 0.1) is 12.0 Å². The lowest BCUT2D eigenvalue weighted by atomic mass is 10.2. The van der Waals surface area contributed by atoms with E-state index in [-0.39, 0.29) is 5.97 Å². The highest BCUT2D eigenvalue weighted by molar-refractivity contribution is 7.20. The number of hydrogen-bond acceptors (Lipinski definition) is 7. The molecule has 0 aliphatic carbocycles. The van der Waals surface area contributed by atoms with Gasteiger partial charge >= 0.3 is 5.97 Å². The van der Waals surface area contributed by atoms with Crippen molar-refractivity contribution in [1.82, 2.24) is 9.97 Å². The van der Waals surface area contributed by atoms with Gasteiger partial charge in [-0.05, 0) is 18.1 Å². The van der Waals surface area contributed by atoms with Crippen molar-refractivity contribution in [2.24, 2.45) is 5.73 Å². The van der Waals surface area contributed by atoms with Gasteiger partial charge in [0.25, 0.3) is 0 Å². The van der Waals surface area contributed by atoms with Gasteiger partial charge in [-0.3, -0.25) is 0 Å². The van der Waals surface area contributed by atoms with Crippen LogP contribution in [-0.2, 0) is 11.2 Å². The van der Waals surface area contributed by atoms with Crippen molar-refractivity contribution in [1.29, 1.82) is 0 Å². The summed E-state index contributed by atoms with van der Waals surface area (Å²) in [6.45, 7) is 3.35. The number of aryl methyl sites for hydroxylation is 1. The van der Waals surface area contributed by atoms with Crippen LogP contribution in [0.15, 0.2) is 36.7 Å². The highest BCUT2D eigenvalue weighted by atomic mass is 32.1. The lowest BCUT2D eigenvalue weighted by Crippen LogP contribution is -2.14. The Morgan fingerprint density at radius 3 is 2.84 bits per heavy atom. The molecule has 3 N–H and O–H groups in total. The van der Waals surface area contributed by atoms with Crippen molar-refractivity contribution in [3.05, 3.63) is 52.7 Å². The summed E-state index contributed by atoms with van der Waals surface area (Å²) in [6.07, 6.45) is 2.18. The van der Waals surface area contributed by atoms with Gasteiger partial charge in [-0.25, -0.2) is 14.8 Å². The van der Waals surface area contributed by atoms with E-state index < -0.39 is 0 Å². The van der Waals surface area contributed by atoms with E-state index in [4.69, 9.17) is 10.5 Å². The molecule has 0 aliphatic rings. The second-order valence-corrected chi connectivity index (χ2v) is 6.54. The fraction of sp³-hybridized carbons (Fsp3) is 0.278. The number of fused-ring (bicyclic) bond motifs is 1. The number of aromatic nitrogens is 2. The molecule has 0 atom stereocenters. The molecule has 0 bridgehead atoms. The first-order valence-electron chi connectivity index (χ1n) is 8.09. The minimum absolute atomic E-state index is 0.318. The summed E-state index contributed by atoms with van der Waals surface area (Å²) >= 11 is 1.33. The van der Waals surface area contributed by atoms with Gasteiger partial charge in [-0.1, -0.05) is 30.3 Å². The van der Waals surface area contributed by atoms with E-state index in [2.05, 4.69) is 15.3 Å². The van der Waals surface area contributed by atoms with Crippen molar-refractivity contribution >= 4 is 33.3 Å². The second kappa shape index (κ2) is 8.04. The van der Waals surface area contributed by atoms with E-state index in [9.17, 15) is 4.79 Å². The average molecular weight is 356 g/mol. The van der Waals surface area contributed by atoms with Crippen LogP contribution in [0.5, 0.6) is 0 Å². The van der Waals surface area contributed by atoms with E-state index in [0.717, 1.165) is 21.3 Å². The number of anilines is 1. The molecule has 0 radical (unpaired) electrons. The highest BCUT2D eigenvalue weighted by Crippen LogP contribution is 2.33. The Morgan fingerprint density at radius 1 is 1.28 bits per heavy atom. The zero-order valence-corrected chi connectivity index (χ0v) is 14.8. The number of rotatable bonds is 7. The number of thiophene rings is 1. The number of nitrogens with one attached hydrogen (secondary N) is 1. The maximum Gasteiger partial charge on any atom is 0.348 e. The van der Waals surface area contributed by atoms with Gasteiger partial charge in [0.1, 0.15) is 21.9 Å². The van der Waals surface area contributed by atoms with E-state index in [1.165, 1.54) is 17.7 Å². The Balaban J connectivity index is 1.74. The molecule has 0 saturated carbocycles. The molecule has 7 heteroatoms. The van der Waals surface area contributed by atoms with Crippen LogP contribution in [0.25, 0.3) is 10.2 Å². The molecule has 3 aromatic rings. The molecule has 0 saturated heterocycles. The third-order valence-electron chi connectivity index (χ3n) is 3.82. The van der Waals surface area contributed by atoms with Gasteiger partial charge in [-0.15, -0.1) is 11.3 Å². The van der Waals surface area contributed by atoms with Crippen LogP contribution in [-0.4, -0.2) is 35.6 Å². The van der Waals surface area contributed by atoms with Crippen LogP contribution in [0.4, 0.5) is 5.82 Å². The maximum atomic E-state index is 12.5. The molecule has 1 aromatic carbocycles. The standard InChI is InChI=1S/C18H20N4O2S/c1-12-14-16(20-9-8-19)21-11-22-17(14)25-15(12)18(23)24-10-7-13-5-3-2-4-6-13/h2-6,11H,7-10,19H2,1H3,(H,20,21,22). The normalized spacial score (nSPS) is 10.8. The zero-order chi connectivity index (χ0) is 17.6. The van der Waals surface area contributed by atoms with Crippen molar-refractivity contribution in [2.45, 2.75) is 13.3 Å². The molecule has 0 amide bonds. The van der Waals surface area contributed by atoms with Gasteiger partial charge in [-0.2, -0.15) is 0 Å². The Labute approximate surface area is 150 Å². The fourth-order valence-electron chi connectivity index (χ4n) is 2.56. The van der Waals surface area contributed by atoms with E-state index in [1.54, 1.807) is 0 Å². The number of nitrogens with zero attached hydrogens (tertiary/aromatic N) is 2. The predicted octanol–water partition coefficient (Wildman–Crippen LogP) is 2.77. The third kappa shape index (κ3) is 3.94. The minimum Gasteiger partial charge on any atom is -0.461 e. The van der Waals surface area contributed by atoms with Crippen LogP contribution >= 0.6 is 11.3 Å². The van der Waals surface area contributed by atoms with Gasteiger partial charge in [0, 0.05) is 19.5 Å². The number of ether oxygens (including phenoxy) is 1. The molecule has 3 rings (SSSR count).